The zero-order chi connectivity index (χ0) is 10.6. The molecule has 2 N–H and O–H groups in total. The Morgan fingerprint density at radius 2 is 1.86 bits per heavy atom. The van der Waals surface area contributed by atoms with Crippen molar-refractivity contribution in [3.63, 3.8) is 0 Å². The van der Waals surface area contributed by atoms with Crippen molar-refractivity contribution >= 4 is 11.8 Å². The smallest absolute Gasteiger partial charge is 0.118 e. The summed E-state index contributed by atoms with van der Waals surface area (Å²) in [5.74, 6) is 0.873. The van der Waals surface area contributed by atoms with Crippen molar-refractivity contribution in [2.45, 2.75) is 18.2 Å². The van der Waals surface area contributed by atoms with Crippen LogP contribution in [0.25, 0.3) is 0 Å². The average Bonchev–Trinajstić information content (AvgIpc) is 2.27. The Balaban J connectivity index is 2.75. The average molecular weight is 211 g/mol. The molecule has 1 aromatic rings. The number of ether oxygens (including phenoxy) is 1. The molecule has 0 saturated carbocycles. The van der Waals surface area contributed by atoms with Crippen molar-refractivity contribution in [3.05, 3.63) is 29.8 Å². The van der Waals surface area contributed by atoms with Gasteiger partial charge in [-0.1, -0.05) is 19.1 Å². The van der Waals surface area contributed by atoms with E-state index < -0.39 is 0 Å². The monoisotopic (exact) mass is 211 g/mol. The maximum atomic E-state index is 6.08. The molecule has 14 heavy (non-hydrogen) atoms. The van der Waals surface area contributed by atoms with Gasteiger partial charge in [0.05, 0.1) is 7.11 Å². The number of nitrogens with two attached hydrogens (primary N) is 1. The quantitative estimate of drug-likeness (QED) is 0.831. The summed E-state index contributed by atoms with van der Waals surface area (Å²) >= 11 is 1.78. The molecule has 0 aliphatic heterocycles. The van der Waals surface area contributed by atoms with Crippen molar-refractivity contribution in [2.24, 2.45) is 5.73 Å². The molecule has 0 spiro atoms. The number of hydrogen-bond acceptors (Lipinski definition) is 3. The molecule has 0 aliphatic rings. The van der Waals surface area contributed by atoms with E-state index in [2.05, 4.69) is 13.2 Å². The summed E-state index contributed by atoms with van der Waals surface area (Å²) < 4.78 is 5.09. The third kappa shape index (κ3) is 2.66. The molecule has 0 fully saturated rings. The molecule has 0 saturated heterocycles. The summed E-state index contributed by atoms with van der Waals surface area (Å²) in [5.41, 5.74) is 7.24. The van der Waals surface area contributed by atoms with Crippen molar-refractivity contribution in [3.8, 4) is 5.75 Å². The van der Waals surface area contributed by atoms with Crippen LogP contribution < -0.4 is 10.5 Å². The number of rotatable bonds is 4. The first-order valence-corrected chi connectivity index (χ1v) is 5.90. The van der Waals surface area contributed by atoms with Gasteiger partial charge in [0.25, 0.3) is 0 Å². The summed E-state index contributed by atoms with van der Waals surface area (Å²) in [6.07, 6.45) is 2.08. The van der Waals surface area contributed by atoms with E-state index in [1.165, 1.54) is 0 Å². The standard InChI is InChI=1S/C11H17NOS/c1-8(14-3)11(12)9-4-6-10(13-2)7-5-9/h4-8,11H,12H2,1-3H3. The van der Waals surface area contributed by atoms with Gasteiger partial charge in [-0.25, -0.2) is 0 Å². The van der Waals surface area contributed by atoms with E-state index in [0.717, 1.165) is 11.3 Å². The van der Waals surface area contributed by atoms with E-state index in [9.17, 15) is 0 Å². The number of methoxy groups -OCH3 is 1. The molecule has 0 heterocycles. The lowest BCUT2D eigenvalue weighted by Crippen LogP contribution is -2.20. The predicted molar refractivity (Wildman–Crippen MR) is 62.9 cm³/mol. The third-order valence-electron chi connectivity index (χ3n) is 2.38. The lowest BCUT2D eigenvalue weighted by Gasteiger charge is -2.18. The Labute approximate surface area is 89.8 Å². The van der Waals surface area contributed by atoms with Gasteiger partial charge < -0.3 is 10.5 Å². The van der Waals surface area contributed by atoms with Crippen LogP contribution in [0, 0.1) is 0 Å². The molecule has 2 nitrogen and oxygen atoms in total. The van der Waals surface area contributed by atoms with Gasteiger partial charge in [0, 0.05) is 11.3 Å². The van der Waals surface area contributed by atoms with E-state index in [-0.39, 0.29) is 6.04 Å². The molecule has 2 atom stereocenters. The second-order valence-electron chi connectivity index (χ2n) is 3.24. The van der Waals surface area contributed by atoms with E-state index in [1.54, 1.807) is 18.9 Å². The van der Waals surface area contributed by atoms with Gasteiger partial charge in [-0.2, -0.15) is 11.8 Å². The predicted octanol–water partition coefficient (Wildman–Crippen LogP) is 2.45. The second-order valence-corrected chi connectivity index (χ2v) is 4.45. The van der Waals surface area contributed by atoms with E-state index in [4.69, 9.17) is 10.5 Å². The van der Waals surface area contributed by atoms with Crippen LogP contribution >= 0.6 is 11.8 Å². The van der Waals surface area contributed by atoms with Gasteiger partial charge in [0.1, 0.15) is 5.75 Å². The van der Waals surface area contributed by atoms with E-state index in [1.807, 2.05) is 24.3 Å². The Bertz CT molecular complexity index is 273. The minimum absolute atomic E-state index is 0.0934. The maximum absolute atomic E-state index is 6.08. The summed E-state index contributed by atoms with van der Waals surface area (Å²) in [6.45, 7) is 2.14. The second kappa shape index (κ2) is 5.27. The first-order chi connectivity index (χ1) is 6.69. The lowest BCUT2D eigenvalue weighted by atomic mass is 10.1. The number of hydrogen-bond donors (Lipinski definition) is 1. The minimum Gasteiger partial charge on any atom is -0.497 e. The zero-order valence-corrected chi connectivity index (χ0v) is 9.67. The van der Waals surface area contributed by atoms with Gasteiger partial charge in [0.15, 0.2) is 0 Å². The fraction of sp³-hybridized carbons (Fsp3) is 0.455. The molecule has 1 rings (SSSR count). The summed E-state index contributed by atoms with van der Waals surface area (Å²) in [7, 11) is 1.67. The van der Waals surface area contributed by atoms with E-state index in [0.29, 0.717) is 5.25 Å². The first-order valence-electron chi connectivity index (χ1n) is 4.61. The van der Waals surface area contributed by atoms with Crippen LogP contribution in [0.15, 0.2) is 24.3 Å². The highest BCUT2D eigenvalue weighted by atomic mass is 32.2. The summed E-state index contributed by atoms with van der Waals surface area (Å²) in [5, 5.41) is 0.434. The number of benzene rings is 1. The highest BCUT2D eigenvalue weighted by molar-refractivity contribution is 7.99. The topological polar surface area (TPSA) is 35.2 Å². The Morgan fingerprint density at radius 1 is 1.29 bits per heavy atom. The molecule has 0 amide bonds. The van der Waals surface area contributed by atoms with Gasteiger partial charge in [0.2, 0.25) is 0 Å². The van der Waals surface area contributed by atoms with Crippen LogP contribution in [-0.2, 0) is 0 Å². The van der Waals surface area contributed by atoms with Crippen molar-refractivity contribution in [1.29, 1.82) is 0 Å². The van der Waals surface area contributed by atoms with Crippen LogP contribution in [-0.4, -0.2) is 18.6 Å². The normalized spacial score (nSPS) is 14.9. The Morgan fingerprint density at radius 3 is 2.29 bits per heavy atom. The molecule has 3 heteroatoms. The summed E-state index contributed by atoms with van der Waals surface area (Å²) in [4.78, 5) is 0. The zero-order valence-electron chi connectivity index (χ0n) is 8.86. The van der Waals surface area contributed by atoms with Crippen LogP contribution in [0.4, 0.5) is 0 Å². The van der Waals surface area contributed by atoms with Gasteiger partial charge >= 0.3 is 0 Å². The maximum Gasteiger partial charge on any atom is 0.118 e. The molecule has 0 aromatic heterocycles. The fourth-order valence-corrected chi connectivity index (χ4v) is 1.69. The van der Waals surface area contributed by atoms with Gasteiger partial charge in [-0.05, 0) is 24.0 Å². The fourth-order valence-electron chi connectivity index (χ4n) is 1.24. The molecule has 2 unspecified atom stereocenters. The van der Waals surface area contributed by atoms with Gasteiger partial charge in [-0.3, -0.25) is 0 Å². The molecule has 0 radical (unpaired) electrons. The largest absolute Gasteiger partial charge is 0.497 e. The van der Waals surface area contributed by atoms with Crippen molar-refractivity contribution < 1.29 is 4.74 Å². The third-order valence-corrected chi connectivity index (χ3v) is 3.42. The van der Waals surface area contributed by atoms with E-state index >= 15 is 0 Å². The molecule has 0 aliphatic carbocycles. The molecular formula is C11H17NOS. The molecule has 78 valence electrons. The molecular weight excluding hydrogens is 194 g/mol. The lowest BCUT2D eigenvalue weighted by molar-refractivity contribution is 0.414. The highest BCUT2D eigenvalue weighted by Crippen LogP contribution is 2.23. The SMILES string of the molecule is COc1ccc(C(N)C(C)SC)cc1. The van der Waals surface area contributed by atoms with Crippen LogP contribution in [0.1, 0.15) is 18.5 Å². The molecule has 0 bridgehead atoms. The first kappa shape index (κ1) is 11.4. The Hall–Kier alpha value is -0.670. The summed E-state index contributed by atoms with van der Waals surface area (Å²) in [6, 6.07) is 8.03. The minimum atomic E-state index is 0.0934. The van der Waals surface area contributed by atoms with Crippen molar-refractivity contribution in [2.75, 3.05) is 13.4 Å². The Kier molecular flexibility index (Phi) is 4.29. The van der Waals surface area contributed by atoms with Crippen LogP contribution in [0.2, 0.25) is 0 Å². The number of thioether (sulfide) groups is 1. The van der Waals surface area contributed by atoms with Gasteiger partial charge in [-0.15, -0.1) is 0 Å². The highest BCUT2D eigenvalue weighted by Gasteiger charge is 2.13. The molecule has 1 aromatic carbocycles. The van der Waals surface area contributed by atoms with Crippen LogP contribution in [0.5, 0.6) is 5.75 Å². The van der Waals surface area contributed by atoms with Crippen LogP contribution in [0.3, 0.4) is 0 Å². The van der Waals surface area contributed by atoms with Crippen molar-refractivity contribution in [1.82, 2.24) is 0 Å².